The van der Waals surface area contributed by atoms with Crippen LogP contribution in [-0.2, 0) is 13.6 Å². The van der Waals surface area contributed by atoms with Crippen molar-refractivity contribution in [3.8, 4) is 0 Å². The molecule has 0 radical (unpaired) electrons. The summed E-state index contributed by atoms with van der Waals surface area (Å²) in [6, 6.07) is 0.691. The summed E-state index contributed by atoms with van der Waals surface area (Å²) < 4.78 is 1.98. The van der Waals surface area contributed by atoms with E-state index in [0.717, 1.165) is 18.3 Å². The van der Waals surface area contributed by atoms with Crippen LogP contribution in [0.4, 0.5) is 0 Å². The van der Waals surface area contributed by atoms with Crippen LogP contribution in [0.3, 0.4) is 0 Å². The molecule has 1 aromatic rings. The van der Waals surface area contributed by atoms with Crippen molar-refractivity contribution in [2.45, 2.75) is 26.4 Å². The van der Waals surface area contributed by atoms with E-state index in [0.29, 0.717) is 6.04 Å². The predicted molar refractivity (Wildman–Crippen MR) is 50.0 cm³/mol. The molecule has 72 valence electrons. The van der Waals surface area contributed by atoms with Gasteiger partial charge < -0.3 is 4.57 Å². The van der Waals surface area contributed by atoms with Gasteiger partial charge in [0, 0.05) is 19.6 Å². The Hall–Kier alpha value is -0.900. The lowest BCUT2D eigenvalue weighted by Gasteiger charge is -2.44. The monoisotopic (exact) mass is 180 g/mol. The number of rotatable bonds is 2. The van der Waals surface area contributed by atoms with Crippen molar-refractivity contribution in [1.29, 1.82) is 0 Å². The van der Waals surface area contributed by atoms with E-state index >= 15 is 0 Å². The second-order valence-electron chi connectivity index (χ2n) is 4.01. The van der Waals surface area contributed by atoms with Gasteiger partial charge in [-0.05, 0) is 12.8 Å². The number of aromatic nitrogens is 3. The van der Waals surface area contributed by atoms with Crippen molar-refractivity contribution in [2.75, 3.05) is 6.54 Å². The van der Waals surface area contributed by atoms with Crippen LogP contribution in [0.15, 0.2) is 6.33 Å². The van der Waals surface area contributed by atoms with Gasteiger partial charge in [-0.3, -0.25) is 4.90 Å². The van der Waals surface area contributed by atoms with Gasteiger partial charge in [0.05, 0.1) is 6.54 Å². The molecule has 0 spiro atoms. The summed E-state index contributed by atoms with van der Waals surface area (Å²) in [7, 11) is 1.99. The zero-order chi connectivity index (χ0) is 9.42. The van der Waals surface area contributed by atoms with Crippen LogP contribution in [0.5, 0.6) is 0 Å². The van der Waals surface area contributed by atoms with Crippen LogP contribution in [0.1, 0.15) is 19.7 Å². The molecule has 1 aliphatic heterocycles. The van der Waals surface area contributed by atoms with Crippen LogP contribution in [0.25, 0.3) is 0 Å². The van der Waals surface area contributed by atoms with Gasteiger partial charge in [0.15, 0.2) is 0 Å². The van der Waals surface area contributed by atoms with Crippen molar-refractivity contribution in [2.24, 2.45) is 13.0 Å². The van der Waals surface area contributed by atoms with Gasteiger partial charge in [-0.2, -0.15) is 0 Å². The Balaban J connectivity index is 1.97. The molecule has 1 aromatic heterocycles. The molecule has 0 aromatic carbocycles. The molecule has 1 fully saturated rings. The Morgan fingerprint density at radius 2 is 2.31 bits per heavy atom. The second-order valence-corrected chi connectivity index (χ2v) is 4.01. The number of nitrogens with zero attached hydrogens (tertiary/aromatic N) is 4. The van der Waals surface area contributed by atoms with Crippen LogP contribution >= 0.6 is 0 Å². The average Bonchev–Trinajstić information content (AvgIpc) is 2.51. The van der Waals surface area contributed by atoms with E-state index in [1.54, 1.807) is 6.33 Å². The van der Waals surface area contributed by atoms with E-state index in [-0.39, 0.29) is 0 Å². The minimum atomic E-state index is 0.691. The van der Waals surface area contributed by atoms with Crippen LogP contribution in [0, 0.1) is 5.92 Å². The second kappa shape index (κ2) is 3.10. The Labute approximate surface area is 78.6 Å². The third-order valence-electron chi connectivity index (χ3n) is 3.07. The molecule has 1 aliphatic rings. The Morgan fingerprint density at radius 1 is 1.54 bits per heavy atom. The third kappa shape index (κ3) is 1.46. The topological polar surface area (TPSA) is 34.0 Å². The molecule has 2 rings (SSSR count). The summed E-state index contributed by atoms with van der Waals surface area (Å²) in [5.74, 6) is 1.88. The van der Waals surface area contributed by atoms with E-state index in [1.807, 2.05) is 11.6 Å². The summed E-state index contributed by atoms with van der Waals surface area (Å²) in [6.07, 6.45) is 1.75. The first-order chi connectivity index (χ1) is 6.18. The molecule has 1 saturated heterocycles. The molecule has 0 amide bonds. The highest BCUT2D eigenvalue weighted by atomic mass is 15.3. The summed E-state index contributed by atoms with van der Waals surface area (Å²) in [5.41, 5.74) is 0. The van der Waals surface area contributed by atoms with Crippen molar-refractivity contribution >= 4 is 0 Å². The molecular weight excluding hydrogens is 164 g/mol. The van der Waals surface area contributed by atoms with Crippen molar-refractivity contribution in [3.05, 3.63) is 12.2 Å². The van der Waals surface area contributed by atoms with Crippen LogP contribution < -0.4 is 0 Å². The van der Waals surface area contributed by atoms with Gasteiger partial charge in [0.2, 0.25) is 0 Å². The average molecular weight is 180 g/mol. The van der Waals surface area contributed by atoms with Crippen LogP contribution in [0.2, 0.25) is 0 Å². The highest BCUT2D eigenvalue weighted by Gasteiger charge is 2.32. The molecule has 0 aliphatic carbocycles. The van der Waals surface area contributed by atoms with E-state index in [1.165, 1.54) is 6.54 Å². The molecule has 2 atom stereocenters. The first kappa shape index (κ1) is 8.69. The molecule has 0 N–H and O–H groups in total. The number of hydrogen-bond donors (Lipinski definition) is 0. The first-order valence-electron chi connectivity index (χ1n) is 4.75. The zero-order valence-corrected chi connectivity index (χ0v) is 8.44. The van der Waals surface area contributed by atoms with E-state index in [2.05, 4.69) is 28.9 Å². The number of hydrogen-bond acceptors (Lipinski definition) is 3. The maximum atomic E-state index is 4.07. The van der Waals surface area contributed by atoms with E-state index in [9.17, 15) is 0 Å². The lowest BCUT2D eigenvalue weighted by Crippen LogP contribution is -2.52. The standard InChI is InChI=1S/C9H16N4/c1-7-4-13(8(7)2)5-9-11-10-6-12(9)3/h6-8H,4-5H2,1-3H3. The first-order valence-corrected chi connectivity index (χ1v) is 4.75. The third-order valence-corrected chi connectivity index (χ3v) is 3.07. The highest BCUT2D eigenvalue weighted by Crippen LogP contribution is 2.24. The Kier molecular flexibility index (Phi) is 2.07. The molecule has 0 saturated carbocycles. The van der Waals surface area contributed by atoms with Gasteiger partial charge in [0.25, 0.3) is 0 Å². The maximum absolute atomic E-state index is 4.07. The fourth-order valence-corrected chi connectivity index (χ4v) is 1.75. The van der Waals surface area contributed by atoms with Crippen molar-refractivity contribution in [1.82, 2.24) is 19.7 Å². The van der Waals surface area contributed by atoms with Gasteiger partial charge in [0.1, 0.15) is 12.2 Å². The quantitative estimate of drug-likeness (QED) is 0.670. The van der Waals surface area contributed by atoms with Gasteiger partial charge in [-0.1, -0.05) is 6.92 Å². The predicted octanol–water partition coefficient (Wildman–Crippen LogP) is 0.655. The van der Waals surface area contributed by atoms with Gasteiger partial charge in [-0.25, -0.2) is 0 Å². The Morgan fingerprint density at radius 3 is 2.77 bits per heavy atom. The number of likely N-dealkylation sites (tertiary alicyclic amines) is 1. The van der Waals surface area contributed by atoms with Crippen molar-refractivity contribution in [3.63, 3.8) is 0 Å². The van der Waals surface area contributed by atoms with Gasteiger partial charge >= 0.3 is 0 Å². The molecule has 4 nitrogen and oxygen atoms in total. The highest BCUT2D eigenvalue weighted by molar-refractivity contribution is 4.92. The fraction of sp³-hybridized carbons (Fsp3) is 0.778. The molecule has 13 heavy (non-hydrogen) atoms. The minimum absolute atomic E-state index is 0.691. The lowest BCUT2D eigenvalue weighted by molar-refractivity contribution is 0.0274. The largest absolute Gasteiger partial charge is 0.320 e. The van der Waals surface area contributed by atoms with Crippen LogP contribution in [-0.4, -0.2) is 32.3 Å². The van der Waals surface area contributed by atoms with Gasteiger partial charge in [-0.15, -0.1) is 10.2 Å². The normalized spacial score (nSPS) is 28.8. The smallest absolute Gasteiger partial charge is 0.146 e. The SMILES string of the molecule is CC1CN(Cc2nncn2C)C1C. The molecule has 2 heterocycles. The summed E-state index contributed by atoms with van der Waals surface area (Å²) in [4.78, 5) is 2.43. The summed E-state index contributed by atoms with van der Waals surface area (Å²) >= 11 is 0. The number of aryl methyl sites for hydroxylation is 1. The fourth-order valence-electron chi connectivity index (χ4n) is 1.75. The van der Waals surface area contributed by atoms with Crippen molar-refractivity contribution < 1.29 is 0 Å². The Bertz CT molecular complexity index is 294. The lowest BCUT2D eigenvalue weighted by atomic mass is 9.92. The molecule has 0 bridgehead atoms. The van der Waals surface area contributed by atoms with E-state index in [4.69, 9.17) is 0 Å². The molecular formula is C9H16N4. The summed E-state index contributed by atoms with van der Waals surface area (Å²) in [5, 5.41) is 7.93. The minimum Gasteiger partial charge on any atom is -0.320 e. The maximum Gasteiger partial charge on any atom is 0.146 e. The zero-order valence-electron chi connectivity index (χ0n) is 8.44. The molecule has 2 unspecified atom stereocenters. The molecule has 4 heteroatoms. The summed E-state index contributed by atoms with van der Waals surface area (Å²) in [6.45, 7) is 6.68. The van der Waals surface area contributed by atoms with E-state index < -0.39 is 0 Å².